The molecule has 2 heteroatoms. The van der Waals surface area contributed by atoms with Crippen molar-refractivity contribution in [2.75, 3.05) is 6.61 Å². The maximum Gasteiger partial charge on any atom is 0.0686 e. The van der Waals surface area contributed by atoms with Crippen LogP contribution >= 0.6 is 0 Å². The van der Waals surface area contributed by atoms with Crippen molar-refractivity contribution >= 4 is 8.07 Å². The van der Waals surface area contributed by atoms with Crippen molar-refractivity contribution in [3.63, 3.8) is 0 Å². The Hall–Kier alpha value is -0.0831. The van der Waals surface area contributed by atoms with Gasteiger partial charge in [0.2, 0.25) is 0 Å². The van der Waals surface area contributed by atoms with Gasteiger partial charge < -0.3 is 5.11 Å². The first-order valence-corrected chi connectivity index (χ1v) is 7.32. The first kappa shape index (κ1) is 9.92. The molecule has 0 aromatic heterocycles. The fourth-order valence-electron chi connectivity index (χ4n) is 0.988. The van der Waals surface area contributed by atoms with Crippen molar-refractivity contribution in [1.29, 1.82) is 0 Å². The molecule has 60 valence electrons. The molecular formula is C8H18OSi. The first-order chi connectivity index (χ1) is 4.45. The van der Waals surface area contributed by atoms with Crippen LogP contribution in [0.15, 0.2) is 11.3 Å². The number of rotatable bonds is 3. The SMILES string of the molecule is C/C(=C\[Si](C)(C)C)CCO. The van der Waals surface area contributed by atoms with E-state index in [0.717, 1.165) is 6.42 Å². The van der Waals surface area contributed by atoms with Crippen molar-refractivity contribution in [3.8, 4) is 0 Å². The summed E-state index contributed by atoms with van der Waals surface area (Å²) in [5, 5.41) is 8.61. The van der Waals surface area contributed by atoms with Crippen molar-refractivity contribution < 1.29 is 5.11 Å². The number of aliphatic hydroxyl groups is 1. The molecule has 0 aromatic rings. The Balaban J connectivity index is 3.90. The Kier molecular flexibility index (Phi) is 3.90. The Morgan fingerprint density at radius 2 is 1.90 bits per heavy atom. The van der Waals surface area contributed by atoms with E-state index in [4.69, 9.17) is 5.11 Å². The monoisotopic (exact) mass is 158 g/mol. The highest BCUT2D eigenvalue weighted by Gasteiger charge is 2.08. The van der Waals surface area contributed by atoms with Crippen LogP contribution in [0.5, 0.6) is 0 Å². The largest absolute Gasteiger partial charge is 0.396 e. The summed E-state index contributed by atoms with van der Waals surface area (Å²) in [6.45, 7) is 9.27. The second-order valence-electron chi connectivity index (χ2n) is 3.83. The minimum Gasteiger partial charge on any atom is -0.396 e. The number of hydrogen-bond donors (Lipinski definition) is 1. The molecule has 0 aromatic carbocycles. The Bertz CT molecular complexity index is 122. The Labute approximate surface area is 64.8 Å². The summed E-state index contributed by atoms with van der Waals surface area (Å²) in [4.78, 5) is 0. The van der Waals surface area contributed by atoms with E-state index in [1.165, 1.54) is 5.57 Å². The summed E-state index contributed by atoms with van der Waals surface area (Å²) in [6, 6.07) is 0. The number of aliphatic hydroxyl groups excluding tert-OH is 1. The molecule has 0 atom stereocenters. The summed E-state index contributed by atoms with van der Waals surface area (Å²) >= 11 is 0. The molecule has 0 amide bonds. The van der Waals surface area contributed by atoms with Gasteiger partial charge in [-0.1, -0.05) is 30.9 Å². The van der Waals surface area contributed by atoms with E-state index in [2.05, 4.69) is 32.3 Å². The van der Waals surface area contributed by atoms with Gasteiger partial charge in [0, 0.05) is 6.61 Å². The predicted molar refractivity (Wildman–Crippen MR) is 48.8 cm³/mol. The van der Waals surface area contributed by atoms with Crippen LogP contribution in [0.3, 0.4) is 0 Å². The molecule has 1 nitrogen and oxygen atoms in total. The van der Waals surface area contributed by atoms with Gasteiger partial charge in [-0.3, -0.25) is 0 Å². The molecule has 0 saturated heterocycles. The van der Waals surface area contributed by atoms with Crippen LogP contribution in [0.4, 0.5) is 0 Å². The van der Waals surface area contributed by atoms with Crippen molar-refractivity contribution in [2.24, 2.45) is 0 Å². The molecule has 0 spiro atoms. The lowest BCUT2D eigenvalue weighted by Crippen LogP contribution is -2.16. The van der Waals surface area contributed by atoms with Gasteiger partial charge in [-0.05, 0) is 13.3 Å². The van der Waals surface area contributed by atoms with Gasteiger partial charge in [-0.25, -0.2) is 0 Å². The average Bonchev–Trinajstić information content (AvgIpc) is 1.59. The fourth-order valence-corrected chi connectivity index (χ4v) is 2.61. The average molecular weight is 158 g/mol. The van der Waals surface area contributed by atoms with Gasteiger partial charge in [0.15, 0.2) is 0 Å². The molecule has 0 aliphatic carbocycles. The maximum atomic E-state index is 8.61. The molecule has 0 bridgehead atoms. The summed E-state index contributed by atoms with van der Waals surface area (Å²) in [5.74, 6) is 0. The summed E-state index contributed by atoms with van der Waals surface area (Å²) in [7, 11) is -1.03. The third-order valence-corrected chi connectivity index (χ3v) is 2.54. The lowest BCUT2D eigenvalue weighted by molar-refractivity contribution is 0.299. The standard InChI is InChI=1S/C8H18OSi/c1-8(5-6-9)7-10(2,3)4/h7,9H,5-6H2,1-4H3/b8-7+. The lowest BCUT2D eigenvalue weighted by Gasteiger charge is -2.10. The molecule has 10 heavy (non-hydrogen) atoms. The van der Waals surface area contributed by atoms with Crippen LogP contribution < -0.4 is 0 Å². The van der Waals surface area contributed by atoms with E-state index in [1.54, 1.807) is 0 Å². The maximum absolute atomic E-state index is 8.61. The summed E-state index contributed by atoms with van der Waals surface area (Å²) in [5.41, 5.74) is 3.67. The molecule has 0 saturated carbocycles. The van der Waals surface area contributed by atoms with Gasteiger partial charge in [0.05, 0.1) is 8.07 Å². The lowest BCUT2D eigenvalue weighted by atomic mass is 10.3. The van der Waals surface area contributed by atoms with Gasteiger partial charge >= 0.3 is 0 Å². The molecule has 0 heterocycles. The number of hydrogen-bond acceptors (Lipinski definition) is 1. The normalized spacial score (nSPS) is 13.9. The molecule has 1 N–H and O–H groups in total. The van der Waals surface area contributed by atoms with Gasteiger partial charge in [0.25, 0.3) is 0 Å². The van der Waals surface area contributed by atoms with Crippen LogP contribution in [-0.4, -0.2) is 19.8 Å². The minimum atomic E-state index is -1.03. The molecular weight excluding hydrogens is 140 g/mol. The topological polar surface area (TPSA) is 20.2 Å². The van der Waals surface area contributed by atoms with Crippen molar-refractivity contribution in [2.45, 2.75) is 33.0 Å². The third kappa shape index (κ3) is 6.04. The third-order valence-electron chi connectivity index (χ3n) is 1.19. The molecule has 0 aliphatic rings. The van der Waals surface area contributed by atoms with Crippen LogP contribution in [0.25, 0.3) is 0 Å². The van der Waals surface area contributed by atoms with E-state index in [0.29, 0.717) is 0 Å². The molecule has 0 radical (unpaired) electrons. The van der Waals surface area contributed by atoms with Crippen LogP contribution in [0.1, 0.15) is 13.3 Å². The Morgan fingerprint density at radius 3 is 2.20 bits per heavy atom. The van der Waals surface area contributed by atoms with E-state index in [1.807, 2.05) is 0 Å². The van der Waals surface area contributed by atoms with E-state index < -0.39 is 8.07 Å². The van der Waals surface area contributed by atoms with E-state index in [9.17, 15) is 0 Å². The van der Waals surface area contributed by atoms with E-state index >= 15 is 0 Å². The molecule has 0 unspecified atom stereocenters. The predicted octanol–water partition coefficient (Wildman–Crippen LogP) is 2.19. The zero-order chi connectivity index (χ0) is 8.20. The fraction of sp³-hybridized carbons (Fsp3) is 0.750. The molecule has 0 aliphatic heterocycles. The zero-order valence-corrected chi connectivity index (χ0v) is 8.44. The zero-order valence-electron chi connectivity index (χ0n) is 7.44. The van der Waals surface area contributed by atoms with E-state index in [-0.39, 0.29) is 6.61 Å². The Morgan fingerprint density at radius 1 is 1.40 bits per heavy atom. The second-order valence-corrected chi connectivity index (χ2v) is 8.85. The smallest absolute Gasteiger partial charge is 0.0686 e. The van der Waals surface area contributed by atoms with Gasteiger partial charge in [0.1, 0.15) is 0 Å². The highest BCUT2D eigenvalue weighted by molar-refractivity contribution is 6.81. The van der Waals surface area contributed by atoms with Crippen LogP contribution in [0.2, 0.25) is 19.6 Å². The summed E-state index contributed by atoms with van der Waals surface area (Å²) in [6.07, 6.45) is 0.838. The van der Waals surface area contributed by atoms with Crippen molar-refractivity contribution in [3.05, 3.63) is 11.3 Å². The van der Waals surface area contributed by atoms with Crippen LogP contribution in [0, 0.1) is 0 Å². The molecule has 0 rings (SSSR count). The quantitative estimate of drug-likeness (QED) is 0.624. The minimum absolute atomic E-state index is 0.285. The van der Waals surface area contributed by atoms with Crippen molar-refractivity contribution in [1.82, 2.24) is 0 Å². The molecule has 0 fully saturated rings. The van der Waals surface area contributed by atoms with Gasteiger partial charge in [-0.2, -0.15) is 0 Å². The second kappa shape index (κ2) is 3.94. The van der Waals surface area contributed by atoms with Gasteiger partial charge in [-0.15, -0.1) is 0 Å². The summed E-state index contributed by atoms with van der Waals surface area (Å²) < 4.78 is 0. The highest BCUT2D eigenvalue weighted by atomic mass is 28.3. The first-order valence-electron chi connectivity index (χ1n) is 3.75. The highest BCUT2D eigenvalue weighted by Crippen LogP contribution is 2.08. The van der Waals surface area contributed by atoms with Crippen LogP contribution in [-0.2, 0) is 0 Å².